The molecule has 1 amide bonds. The number of amides is 1. The minimum atomic E-state index is -0.538. The molecule has 6 heteroatoms. The van der Waals surface area contributed by atoms with E-state index in [4.69, 9.17) is 4.98 Å². The Kier molecular flexibility index (Phi) is 4.01. The van der Waals surface area contributed by atoms with E-state index in [1.165, 1.54) is 0 Å². The van der Waals surface area contributed by atoms with Gasteiger partial charge in [-0.1, -0.05) is 42.5 Å². The molecule has 4 aromatic rings. The van der Waals surface area contributed by atoms with E-state index >= 15 is 0 Å². The van der Waals surface area contributed by atoms with Crippen molar-refractivity contribution in [3.8, 4) is 0 Å². The Balaban J connectivity index is 1.87. The maximum Gasteiger partial charge on any atom is 0.246 e. The number of rotatable bonds is 4. The molecule has 2 aromatic heterocycles. The van der Waals surface area contributed by atoms with Crippen molar-refractivity contribution in [3.63, 3.8) is 0 Å². The Labute approximate surface area is 150 Å². The molecule has 0 bridgehead atoms. The highest BCUT2D eigenvalue weighted by molar-refractivity contribution is 5.94. The van der Waals surface area contributed by atoms with Gasteiger partial charge in [-0.05, 0) is 24.6 Å². The van der Waals surface area contributed by atoms with Gasteiger partial charge in [0.25, 0.3) is 0 Å². The van der Waals surface area contributed by atoms with Gasteiger partial charge in [-0.25, -0.2) is 9.50 Å². The van der Waals surface area contributed by atoms with E-state index in [9.17, 15) is 4.79 Å². The molecule has 2 heterocycles. The van der Waals surface area contributed by atoms with Crippen LogP contribution in [0, 0.1) is 6.92 Å². The van der Waals surface area contributed by atoms with Crippen molar-refractivity contribution < 1.29 is 4.79 Å². The van der Waals surface area contributed by atoms with Gasteiger partial charge in [0.2, 0.25) is 5.91 Å². The molecule has 0 aliphatic carbocycles. The normalized spacial score (nSPS) is 12.2. The summed E-state index contributed by atoms with van der Waals surface area (Å²) < 4.78 is 1.83. The van der Waals surface area contributed by atoms with Crippen LogP contribution in [0.5, 0.6) is 0 Å². The number of anilines is 1. The van der Waals surface area contributed by atoms with Crippen molar-refractivity contribution in [2.45, 2.75) is 13.0 Å². The third-order valence-electron chi connectivity index (χ3n) is 4.35. The van der Waals surface area contributed by atoms with Gasteiger partial charge in [0.15, 0.2) is 5.65 Å². The minimum Gasteiger partial charge on any atom is -0.357 e. The number of aryl methyl sites for hydroxylation is 1. The molecule has 130 valence electrons. The number of carbonyl (C=O) groups excluding carboxylic acids is 1. The van der Waals surface area contributed by atoms with Crippen molar-refractivity contribution >= 4 is 28.3 Å². The number of nitrogens with one attached hydrogen (secondary N) is 2. The van der Waals surface area contributed by atoms with Crippen LogP contribution in [0.3, 0.4) is 0 Å². The Morgan fingerprint density at radius 2 is 1.81 bits per heavy atom. The molecule has 2 aromatic carbocycles. The van der Waals surface area contributed by atoms with E-state index in [2.05, 4.69) is 15.7 Å². The van der Waals surface area contributed by atoms with Crippen molar-refractivity contribution in [2.24, 2.45) is 0 Å². The number of benzene rings is 2. The summed E-state index contributed by atoms with van der Waals surface area (Å²) in [6.07, 6.45) is 0. The summed E-state index contributed by atoms with van der Waals surface area (Å²) in [5, 5.41) is 11.5. The average Bonchev–Trinajstić information content (AvgIpc) is 3.06. The molecule has 4 rings (SSSR count). The maximum atomic E-state index is 12.5. The number of fused-ring (bicyclic) bond motifs is 3. The fourth-order valence-corrected chi connectivity index (χ4v) is 3.11. The lowest BCUT2D eigenvalue weighted by molar-refractivity contribution is -0.121. The smallest absolute Gasteiger partial charge is 0.246 e. The highest BCUT2D eigenvalue weighted by Gasteiger charge is 2.21. The molecule has 1 atom stereocenters. The first-order valence-electron chi connectivity index (χ1n) is 8.45. The summed E-state index contributed by atoms with van der Waals surface area (Å²) >= 11 is 0. The number of likely N-dealkylation sites (N-methyl/N-ethyl adjacent to an activating group) is 1. The van der Waals surface area contributed by atoms with Crippen LogP contribution in [-0.2, 0) is 4.79 Å². The molecule has 0 aliphatic rings. The second-order valence-corrected chi connectivity index (χ2v) is 6.14. The second kappa shape index (κ2) is 6.48. The molecule has 2 N–H and O–H groups in total. The van der Waals surface area contributed by atoms with Crippen LogP contribution >= 0.6 is 0 Å². The van der Waals surface area contributed by atoms with E-state index in [0.717, 1.165) is 27.8 Å². The first-order chi connectivity index (χ1) is 12.7. The molecule has 0 fully saturated rings. The maximum absolute atomic E-state index is 12.5. The van der Waals surface area contributed by atoms with Crippen LogP contribution in [0.15, 0.2) is 60.7 Å². The first kappa shape index (κ1) is 16.1. The summed E-state index contributed by atoms with van der Waals surface area (Å²) in [5.74, 6) is 0.539. The third kappa shape index (κ3) is 2.75. The number of hydrogen-bond donors (Lipinski definition) is 2. The molecule has 0 saturated carbocycles. The molecular weight excluding hydrogens is 326 g/mol. The summed E-state index contributed by atoms with van der Waals surface area (Å²) in [6, 6.07) is 18.9. The molecule has 26 heavy (non-hydrogen) atoms. The SMILES string of the molecule is CNC(=O)C(Nc1nc2cc(C)nn2c2ccccc12)c1ccccc1. The number of para-hydroxylation sites is 1. The zero-order valence-electron chi connectivity index (χ0n) is 14.6. The molecule has 0 radical (unpaired) electrons. The predicted octanol–water partition coefficient (Wildman–Crippen LogP) is 3.09. The summed E-state index contributed by atoms with van der Waals surface area (Å²) in [7, 11) is 1.63. The lowest BCUT2D eigenvalue weighted by atomic mass is 10.1. The minimum absolute atomic E-state index is 0.119. The van der Waals surface area contributed by atoms with Gasteiger partial charge in [0.1, 0.15) is 11.9 Å². The van der Waals surface area contributed by atoms with Gasteiger partial charge < -0.3 is 10.6 Å². The van der Waals surface area contributed by atoms with Crippen LogP contribution in [0.1, 0.15) is 17.3 Å². The first-order valence-corrected chi connectivity index (χ1v) is 8.45. The van der Waals surface area contributed by atoms with Gasteiger partial charge in [-0.2, -0.15) is 5.10 Å². The number of nitrogens with zero attached hydrogens (tertiary/aromatic N) is 3. The summed E-state index contributed by atoms with van der Waals surface area (Å²) in [4.78, 5) is 17.2. The van der Waals surface area contributed by atoms with Crippen molar-refractivity contribution in [2.75, 3.05) is 12.4 Å². The molecular formula is C20H19N5O. The zero-order valence-corrected chi connectivity index (χ0v) is 14.6. The molecule has 0 saturated heterocycles. The van der Waals surface area contributed by atoms with Crippen LogP contribution in [-0.4, -0.2) is 27.6 Å². The second-order valence-electron chi connectivity index (χ2n) is 6.14. The van der Waals surface area contributed by atoms with E-state index < -0.39 is 6.04 Å². The van der Waals surface area contributed by atoms with Gasteiger partial charge in [0, 0.05) is 18.5 Å². The molecule has 0 spiro atoms. The Morgan fingerprint density at radius 1 is 1.08 bits per heavy atom. The molecule has 6 nitrogen and oxygen atoms in total. The zero-order chi connectivity index (χ0) is 18.1. The monoisotopic (exact) mass is 345 g/mol. The van der Waals surface area contributed by atoms with E-state index in [0.29, 0.717) is 5.82 Å². The van der Waals surface area contributed by atoms with Crippen LogP contribution in [0.4, 0.5) is 5.82 Å². The Hall–Kier alpha value is -3.41. The highest BCUT2D eigenvalue weighted by atomic mass is 16.2. The largest absolute Gasteiger partial charge is 0.357 e. The molecule has 1 unspecified atom stereocenters. The summed E-state index contributed by atoms with van der Waals surface area (Å²) in [6.45, 7) is 1.94. The Morgan fingerprint density at radius 3 is 2.58 bits per heavy atom. The van der Waals surface area contributed by atoms with Gasteiger partial charge in [-0.3, -0.25) is 4.79 Å². The summed E-state index contributed by atoms with van der Waals surface area (Å²) in [5.41, 5.74) is 3.46. The van der Waals surface area contributed by atoms with E-state index in [1.807, 2.05) is 72.1 Å². The number of aromatic nitrogens is 3. The fourth-order valence-electron chi connectivity index (χ4n) is 3.11. The lowest BCUT2D eigenvalue weighted by Gasteiger charge is -2.19. The van der Waals surface area contributed by atoms with Gasteiger partial charge in [-0.15, -0.1) is 0 Å². The predicted molar refractivity (Wildman–Crippen MR) is 102 cm³/mol. The highest BCUT2D eigenvalue weighted by Crippen LogP contribution is 2.27. The van der Waals surface area contributed by atoms with Crippen molar-refractivity contribution in [1.29, 1.82) is 0 Å². The van der Waals surface area contributed by atoms with Crippen molar-refractivity contribution in [1.82, 2.24) is 19.9 Å². The number of carbonyl (C=O) groups is 1. The topological polar surface area (TPSA) is 71.3 Å². The van der Waals surface area contributed by atoms with E-state index in [-0.39, 0.29) is 5.91 Å². The number of hydrogen-bond acceptors (Lipinski definition) is 4. The average molecular weight is 345 g/mol. The van der Waals surface area contributed by atoms with Crippen LogP contribution in [0.25, 0.3) is 16.6 Å². The van der Waals surface area contributed by atoms with Crippen molar-refractivity contribution in [3.05, 3.63) is 71.9 Å². The van der Waals surface area contributed by atoms with Gasteiger partial charge in [0.05, 0.1) is 11.2 Å². The Bertz CT molecular complexity index is 1090. The fraction of sp³-hybridized carbons (Fsp3) is 0.150. The third-order valence-corrected chi connectivity index (χ3v) is 4.35. The van der Waals surface area contributed by atoms with E-state index in [1.54, 1.807) is 7.05 Å². The lowest BCUT2D eigenvalue weighted by Crippen LogP contribution is -2.31. The quantitative estimate of drug-likeness (QED) is 0.596. The van der Waals surface area contributed by atoms with Crippen LogP contribution in [0.2, 0.25) is 0 Å². The van der Waals surface area contributed by atoms with Gasteiger partial charge >= 0.3 is 0 Å². The molecule has 0 aliphatic heterocycles. The van der Waals surface area contributed by atoms with Crippen LogP contribution < -0.4 is 10.6 Å². The standard InChI is InChI=1S/C20H19N5O/c1-13-12-17-22-19(15-10-6-7-11-16(15)25(17)24-13)23-18(20(26)21-2)14-8-4-3-5-9-14/h3-12,18H,1-2H3,(H,21,26)(H,22,23).